The normalized spacial score (nSPS) is 10.4. The highest BCUT2D eigenvalue weighted by Gasteiger charge is 2.08. The number of ether oxygens (including phenoxy) is 1. The van der Waals surface area contributed by atoms with E-state index in [9.17, 15) is 9.18 Å². The summed E-state index contributed by atoms with van der Waals surface area (Å²) in [6.45, 7) is 3.44. The number of rotatable bonds is 6. The first-order valence-corrected chi connectivity index (χ1v) is 6.75. The van der Waals surface area contributed by atoms with Crippen LogP contribution in [0.5, 0.6) is 0 Å². The third kappa shape index (κ3) is 4.36. The molecule has 1 N–H and O–H groups in total. The number of hydrogen-bond donors (Lipinski definition) is 1. The van der Waals surface area contributed by atoms with Crippen molar-refractivity contribution in [2.24, 2.45) is 0 Å². The Hall–Kier alpha value is -2.27. The van der Waals surface area contributed by atoms with Gasteiger partial charge in [-0.1, -0.05) is 24.3 Å². The van der Waals surface area contributed by atoms with Crippen molar-refractivity contribution >= 4 is 5.91 Å². The van der Waals surface area contributed by atoms with Crippen LogP contribution < -0.4 is 5.32 Å². The smallest absolute Gasteiger partial charge is 0.251 e. The van der Waals surface area contributed by atoms with Crippen LogP contribution in [0.1, 0.15) is 28.4 Å². The first kappa shape index (κ1) is 15.1. The maximum absolute atomic E-state index is 13.0. The minimum Gasteiger partial charge on any atom is -0.377 e. The third-order valence-electron chi connectivity index (χ3n) is 3.01. The van der Waals surface area contributed by atoms with Crippen LogP contribution in [0.2, 0.25) is 0 Å². The predicted octanol–water partition coefficient (Wildman–Crippen LogP) is 2.69. The maximum Gasteiger partial charge on any atom is 0.251 e. The lowest BCUT2D eigenvalue weighted by molar-refractivity contribution is 0.0949. The van der Waals surface area contributed by atoms with Crippen LogP contribution in [0.25, 0.3) is 0 Å². The summed E-state index contributed by atoms with van der Waals surface area (Å²) in [5.41, 5.74) is 2.26. The predicted molar refractivity (Wildman–Crippen MR) is 77.1 cm³/mol. The summed E-state index contributed by atoms with van der Waals surface area (Å²) in [6.07, 6.45) is 1.27. The van der Waals surface area contributed by atoms with Crippen LogP contribution in [0.15, 0.2) is 42.6 Å². The number of aromatic nitrogens is 1. The fourth-order valence-electron chi connectivity index (χ4n) is 1.90. The first-order valence-electron chi connectivity index (χ1n) is 6.75. The van der Waals surface area contributed by atoms with E-state index < -0.39 is 5.95 Å². The van der Waals surface area contributed by atoms with E-state index in [1.807, 2.05) is 31.2 Å². The Morgan fingerprint density at radius 2 is 2.05 bits per heavy atom. The highest BCUT2D eigenvalue weighted by Crippen LogP contribution is 2.10. The van der Waals surface area contributed by atoms with Crippen LogP contribution in [0.3, 0.4) is 0 Å². The molecule has 0 aliphatic carbocycles. The van der Waals surface area contributed by atoms with Gasteiger partial charge >= 0.3 is 0 Å². The van der Waals surface area contributed by atoms with Crippen molar-refractivity contribution in [3.8, 4) is 0 Å². The highest BCUT2D eigenvalue weighted by atomic mass is 19.1. The summed E-state index contributed by atoms with van der Waals surface area (Å²) in [5.74, 6) is -0.998. The molecule has 0 fully saturated rings. The van der Waals surface area contributed by atoms with Crippen LogP contribution in [0.4, 0.5) is 4.39 Å². The van der Waals surface area contributed by atoms with Crippen molar-refractivity contribution in [2.45, 2.75) is 20.1 Å². The number of benzene rings is 1. The zero-order valence-electron chi connectivity index (χ0n) is 11.8. The van der Waals surface area contributed by atoms with Gasteiger partial charge in [0.15, 0.2) is 0 Å². The van der Waals surface area contributed by atoms with Crippen molar-refractivity contribution in [1.82, 2.24) is 10.3 Å². The van der Waals surface area contributed by atoms with Crippen molar-refractivity contribution in [3.63, 3.8) is 0 Å². The minimum atomic E-state index is -0.667. The lowest BCUT2D eigenvalue weighted by Crippen LogP contribution is -2.23. The van der Waals surface area contributed by atoms with E-state index in [1.54, 1.807) is 0 Å². The standard InChI is InChI=1S/C16H17FN2O2/c1-2-21-11-14-6-4-3-5-13(14)10-19-16(20)12-7-8-18-15(17)9-12/h3-9H,2,10-11H2,1H3,(H,19,20). The molecule has 0 radical (unpaired) electrons. The summed E-state index contributed by atoms with van der Waals surface area (Å²) in [5, 5.41) is 2.77. The number of hydrogen-bond acceptors (Lipinski definition) is 3. The van der Waals surface area contributed by atoms with Gasteiger partial charge in [-0.2, -0.15) is 4.39 Å². The van der Waals surface area contributed by atoms with Gasteiger partial charge in [-0.15, -0.1) is 0 Å². The lowest BCUT2D eigenvalue weighted by atomic mass is 10.1. The van der Waals surface area contributed by atoms with E-state index in [4.69, 9.17) is 4.74 Å². The maximum atomic E-state index is 13.0. The minimum absolute atomic E-state index is 0.254. The number of nitrogens with one attached hydrogen (secondary N) is 1. The molecule has 0 atom stereocenters. The summed E-state index contributed by atoms with van der Waals surface area (Å²) < 4.78 is 18.4. The lowest BCUT2D eigenvalue weighted by Gasteiger charge is -2.10. The number of amides is 1. The second kappa shape index (κ2) is 7.50. The quantitative estimate of drug-likeness (QED) is 0.831. The summed E-state index contributed by atoms with van der Waals surface area (Å²) >= 11 is 0. The number of halogens is 1. The molecule has 0 bridgehead atoms. The molecule has 1 heterocycles. The number of nitrogens with zero attached hydrogens (tertiary/aromatic N) is 1. The third-order valence-corrected chi connectivity index (χ3v) is 3.01. The summed E-state index contributed by atoms with van der Waals surface area (Å²) in [4.78, 5) is 15.4. The Labute approximate surface area is 123 Å². The Balaban J connectivity index is 2.01. The molecular weight excluding hydrogens is 271 g/mol. The molecule has 5 heteroatoms. The first-order chi connectivity index (χ1) is 10.2. The van der Waals surface area contributed by atoms with Crippen molar-refractivity contribution in [3.05, 3.63) is 65.2 Å². The monoisotopic (exact) mass is 288 g/mol. The van der Waals surface area contributed by atoms with Crippen LogP contribution >= 0.6 is 0 Å². The largest absolute Gasteiger partial charge is 0.377 e. The molecular formula is C16H17FN2O2. The molecule has 0 aliphatic rings. The van der Waals surface area contributed by atoms with Gasteiger partial charge in [-0.05, 0) is 24.1 Å². The number of carbonyl (C=O) groups excluding carboxylic acids is 1. The van der Waals surface area contributed by atoms with Gasteiger partial charge in [0.1, 0.15) is 0 Å². The van der Waals surface area contributed by atoms with E-state index in [0.717, 1.165) is 17.2 Å². The molecule has 0 aliphatic heterocycles. The van der Waals surface area contributed by atoms with Crippen LogP contribution in [-0.4, -0.2) is 17.5 Å². The van der Waals surface area contributed by atoms with Gasteiger partial charge in [-0.3, -0.25) is 4.79 Å². The molecule has 0 unspecified atom stereocenters. The van der Waals surface area contributed by atoms with Crippen LogP contribution in [0, 0.1) is 5.95 Å². The molecule has 2 rings (SSSR count). The molecule has 21 heavy (non-hydrogen) atoms. The zero-order valence-corrected chi connectivity index (χ0v) is 11.8. The Morgan fingerprint density at radius 1 is 1.29 bits per heavy atom. The molecule has 4 nitrogen and oxygen atoms in total. The fraction of sp³-hybridized carbons (Fsp3) is 0.250. The van der Waals surface area contributed by atoms with Crippen LogP contribution in [-0.2, 0) is 17.9 Å². The van der Waals surface area contributed by atoms with Gasteiger partial charge < -0.3 is 10.1 Å². The molecule has 1 amide bonds. The Bertz CT molecular complexity index is 617. The average Bonchev–Trinajstić information content (AvgIpc) is 2.51. The molecule has 2 aromatic rings. The molecule has 110 valence electrons. The Kier molecular flexibility index (Phi) is 5.40. The Morgan fingerprint density at radius 3 is 2.76 bits per heavy atom. The van der Waals surface area contributed by atoms with Crippen molar-refractivity contribution < 1.29 is 13.9 Å². The van der Waals surface area contributed by atoms with E-state index >= 15 is 0 Å². The number of carbonyl (C=O) groups is 1. The SMILES string of the molecule is CCOCc1ccccc1CNC(=O)c1ccnc(F)c1. The van der Waals surface area contributed by atoms with E-state index in [1.165, 1.54) is 12.3 Å². The summed E-state index contributed by atoms with van der Waals surface area (Å²) in [7, 11) is 0. The highest BCUT2D eigenvalue weighted by molar-refractivity contribution is 5.93. The van der Waals surface area contributed by atoms with E-state index in [0.29, 0.717) is 19.8 Å². The van der Waals surface area contributed by atoms with Gasteiger partial charge in [0, 0.05) is 31.0 Å². The van der Waals surface area contributed by atoms with E-state index in [2.05, 4.69) is 10.3 Å². The van der Waals surface area contributed by atoms with E-state index in [-0.39, 0.29) is 11.5 Å². The molecule has 0 spiro atoms. The second-order valence-electron chi connectivity index (χ2n) is 4.46. The molecule has 1 aromatic heterocycles. The van der Waals surface area contributed by atoms with Gasteiger partial charge in [-0.25, -0.2) is 4.98 Å². The number of pyridine rings is 1. The van der Waals surface area contributed by atoms with Gasteiger partial charge in [0.2, 0.25) is 5.95 Å². The van der Waals surface area contributed by atoms with Crippen molar-refractivity contribution in [1.29, 1.82) is 0 Å². The molecule has 1 aromatic carbocycles. The van der Waals surface area contributed by atoms with Gasteiger partial charge in [0.05, 0.1) is 6.61 Å². The fourth-order valence-corrected chi connectivity index (χ4v) is 1.90. The van der Waals surface area contributed by atoms with Crippen molar-refractivity contribution in [2.75, 3.05) is 6.61 Å². The average molecular weight is 288 g/mol. The molecule has 0 saturated carbocycles. The molecule has 0 saturated heterocycles. The summed E-state index contributed by atoms with van der Waals surface area (Å²) in [6, 6.07) is 10.3. The zero-order chi connectivity index (χ0) is 15.1. The topological polar surface area (TPSA) is 51.2 Å². The second-order valence-corrected chi connectivity index (χ2v) is 4.46. The van der Waals surface area contributed by atoms with Gasteiger partial charge in [0.25, 0.3) is 5.91 Å².